The normalized spacial score (nSPS) is 13.9. The van der Waals surface area contributed by atoms with Gasteiger partial charge >= 0.3 is 13.9 Å². The van der Waals surface area contributed by atoms with Crippen molar-refractivity contribution in [3.05, 3.63) is 49.8 Å². The van der Waals surface area contributed by atoms with Crippen molar-refractivity contribution in [2.75, 3.05) is 5.09 Å². The molecule has 0 radical (unpaired) electrons. The van der Waals surface area contributed by atoms with Crippen LogP contribution in [0.25, 0.3) is 0 Å². The van der Waals surface area contributed by atoms with Crippen molar-refractivity contribution in [2.45, 2.75) is 0 Å². The number of H-pyrrole nitrogens is 1. The molecule has 9 nitrogen and oxygen atoms in total. The molecule has 3 aromatic rings. The fourth-order valence-corrected chi connectivity index (χ4v) is 3.20. The average molecular weight is 277 g/mol. The van der Waals surface area contributed by atoms with Crippen LogP contribution >= 0.6 is 7.59 Å². The molecule has 0 spiro atoms. The number of hydrogen-bond acceptors (Lipinski definition) is 5. The molecule has 0 aromatic carbocycles. The molecule has 3 rings (SSSR count). The van der Waals surface area contributed by atoms with Gasteiger partial charge in [0.2, 0.25) is 6.33 Å². The van der Waals surface area contributed by atoms with Crippen molar-refractivity contribution in [3.63, 3.8) is 0 Å². The van der Waals surface area contributed by atoms with E-state index in [4.69, 9.17) is 0 Å². The molecular formula is C9H10N8OP+. The first-order valence-electron chi connectivity index (χ1n) is 5.34. The first-order valence-corrected chi connectivity index (χ1v) is 6.95. The SMILES string of the molecule is O=P(Nc1ccncc1)(n1cncn1)[n+]1cnc[nH]1. The molecule has 2 N–H and O–H groups in total. The van der Waals surface area contributed by atoms with Crippen molar-refractivity contribution >= 4 is 13.3 Å². The van der Waals surface area contributed by atoms with Gasteiger partial charge in [-0.2, -0.15) is 5.10 Å². The summed E-state index contributed by atoms with van der Waals surface area (Å²) in [5.41, 5.74) is 0.649. The molecule has 19 heavy (non-hydrogen) atoms. The molecule has 3 aromatic heterocycles. The van der Waals surface area contributed by atoms with E-state index in [0.29, 0.717) is 5.69 Å². The van der Waals surface area contributed by atoms with E-state index in [1.807, 2.05) is 0 Å². The molecule has 0 saturated heterocycles. The van der Waals surface area contributed by atoms with Gasteiger partial charge in [0.05, 0.1) is 0 Å². The van der Waals surface area contributed by atoms with Crippen LogP contribution in [0.15, 0.2) is 49.8 Å². The van der Waals surface area contributed by atoms with Gasteiger partial charge in [0.15, 0.2) is 0 Å². The van der Waals surface area contributed by atoms with E-state index in [-0.39, 0.29) is 0 Å². The lowest BCUT2D eigenvalue weighted by Gasteiger charge is -2.14. The minimum atomic E-state index is -3.29. The van der Waals surface area contributed by atoms with Gasteiger partial charge in [-0.1, -0.05) is 4.45 Å². The Morgan fingerprint density at radius 3 is 2.74 bits per heavy atom. The predicted octanol–water partition coefficient (Wildman–Crippen LogP) is 0.300. The number of nitrogens with one attached hydrogen (secondary N) is 2. The molecule has 3 heterocycles. The topological polar surface area (TPSA) is 105 Å². The fourth-order valence-electron chi connectivity index (χ4n) is 1.51. The predicted molar refractivity (Wildman–Crippen MR) is 65.1 cm³/mol. The largest absolute Gasteiger partial charge is 0.485 e. The van der Waals surface area contributed by atoms with Crippen molar-refractivity contribution < 1.29 is 9.02 Å². The standard InChI is InChI=1S/C9H9N8OP/c18-19(16-7-11-5-13-16,17-8-12-6-14-17)15-9-1-3-10-4-2-9/h1-8H,(H,10,15,18)/p+1. The van der Waals surface area contributed by atoms with Crippen molar-refractivity contribution in [2.24, 2.45) is 0 Å². The van der Waals surface area contributed by atoms with Gasteiger partial charge < -0.3 is 0 Å². The number of nitrogens with zero attached hydrogens (tertiary/aromatic N) is 6. The van der Waals surface area contributed by atoms with Crippen LogP contribution in [0, 0.1) is 0 Å². The van der Waals surface area contributed by atoms with Gasteiger partial charge in [-0.3, -0.25) is 10.1 Å². The number of aromatic amines is 1. The maximum absolute atomic E-state index is 13.1. The van der Waals surface area contributed by atoms with Crippen LogP contribution < -0.4 is 9.54 Å². The minimum absolute atomic E-state index is 0.649. The number of rotatable bonds is 4. The van der Waals surface area contributed by atoms with Crippen LogP contribution in [0.5, 0.6) is 0 Å². The number of anilines is 1. The summed E-state index contributed by atoms with van der Waals surface area (Å²) in [5.74, 6) is 0. The lowest BCUT2D eigenvalue weighted by molar-refractivity contribution is -0.585. The third-order valence-corrected chi connectivity index (χ3v) is 4.49. The Kier molecular flexibility index (Phi) is 2.81. The zero-order valence-corrected chi connectivity index (χ0v) is 10.6. The fraction of sp³-hybridized carbons (Fsp3) is 0. The van der Waals surface area contributed by atoms with Crippen molar-refractivity contribution in [1.82, 2.24) is 29.6 Å². The Labute approximate surface area is 107 Å². The molecule has 0 aliphatic rings. The molecule has 1 unspecified atom stereocenters. The van der Waals surface area contributed by atoms with Gasteiger partial charge in [-0.15, -0.1) is 9.55 Å². The molecule has 96 valence electrons. The second-order valence-corrected chi connectivity index (χ2v) is 5.73. The van der Waals surface area contributed by atoms with Crippen LogP contribution in [0.4, 0.5) is 5.69 Å². The highest BCUT2D eigenvalue weighted by Gasteiger charge is 2.35. The summed E-state index contributed by atoms with van der Waals surface area (Å²) in [7, 11) is -3.29. The maximum Gasteiger partial charge on any atom is 0.485 e. The summed E-state index contributed by atoms with van der Waals surface area (Å²) in [6.07, 6.45) is 8.74. The molecule has 0 aliphatic heterocycles. The Hall–Kier alpha value is -2.54. The summed E-state index contributed by atoms with van der Waals surface area (Å²) in [6, 6.07) is 3.42. The van der Waals surface area contributed by atoms with E-state index >= 15 is 0 Å². The van der Waals surface area contributed by atoms with Crippen molar-refractivity contribution in [3.8, 4) is 0 Å². The quantitative estimate of drug-likeness (QED) is 0.664. The minimum Gasteiger partial charge on any atom is -0.283 e. The van der Waals surface area contributed by atoms with Crippen LogP contribution in [0.2, 0.25) is 0 Å². The second-order valence-electron chi connectivity index (χ2n) is 3.57. The molecule has 0 aliphatic carbocycles. The van der Waals surface area contributed by atoms with E-state index in [1.165, 1.54) is 34.2 Å². The lowest BCUT2D eigenvalue weighted by Crippen LogP contribution is -2.38. The Morgan fingerprint density at radius 1 is 1.26 bits per heavy atom. The summed E-state index contributed by atoms with van der Waals surface area (Å²) in [6.45, 7) is 0. The van der Waals surface area contributed by atoms with Gasteiger partial charge in [0.25, 0.3) is 0 Å². The van der Waals surface area contributed by atoms with Crippen LogP contribution in [0.3, 0.4) is 0 Å². The number of hydrogen-bond donors (Lipinski definition) is 2. The molecular weight excluding hydrogens is 267 g/mol. The summed E-state index contributed by atoms with van der Waals surface area (Å²) < 4.78 is 15.7. The average Bonchev–Trinajstić information content (AvgIpc) is 3.14. The Morgan fingerprint density at radius 2 is 2.11 bits per heavy atom. The van der Waals surface area contributed by atoms with Gasteiger partial charge in [0.1, 0.15) is 12.7 Å². The monoisotopic (exact) mass is 277 g/mol. The zero-order valence-electron chi connectivity index (χ0n) is 9.66. The smallest absolute Gasteiger partial charge is 0.283 e. The maximum atomic E-state index is 13.1. The first kappa shape index (κ1) is 11.5. The third-order valence-electron chi connectivity index (χ3n) is 2.37. The molecule has 1 atom stereocenters. The number of pyridine rings is 1. The van der Waals surface area contributed by atoms with E-state index in [1.54, 1.807) is 24.5 Å². The van der Waals surface area contributed by atoms with Crippen LogP contribution in [-0.2, 0) is 4.57 Å². The van der Waals surface area contributed by atoms with Crippen molar-refractivity contribution in [1.29, 1.82) is 0 Å². The van der Waals surface area contributed by atoms with Gasteiger partial charge in [-0.25, -0.2) is 9.55 Å². The Balaban J connectivity index is 2.06. The first-order chi connectivity index (χ1) is 9.29. The summed E-state index contributed by atoms with van der Waals surface area (Å²) >= 11 is 0. The van der Waals surface area contributed by atoms with E-state index in [2.05, 4.69) is 30.2 Å². The zero-order chi connectivity index (χ0) is 13.1. The van der Waals surface area contributed by atoms with E-state index in [0.717, 1.165) is 0 Å². The molecule has 0 saturated carbocycles. The number of aromatic nitrogens is 7. The molecule has 0 fully saturated rings. The summed E-state index contributed by atoms with van der Waals surface area (Å²) in [5, 5.41) is 9.63. The Bertz CT molecular complexity index is 642. The third kappa shape index (κ3) is 2.11. The molecule has 10 heteroatoms. The second kappa shape index (κ2) is 4.62. The summed E-state index contributed by atoms with van der Waals surface area (Å²) in [4.78, 5) is 11.6. The van der Waals surface area contributed by atoms with Crippen LogP contribution in [0.1, 0.15) is 0 Å². The van der Waals surface area contributed by atoms with Crippen LogP contribution in [-0.4, -0.2) is 29.6 Å². The van der Waals surface area contributed by atoms with Gasteiger partial charge in [0, 0.05) is 18.1 Å². The van der Waals surface area contributed by atoms with E-state index in [9.17, 15) is 4.57 Å². The molecule has 0 bridgehead atoms. The highest BCUT2D eigenvalue weighted by atomic mass is 31.2. The molecule has 0 amide bonds. The van der Waals surface area contributed by atoms with E-state index < -0.39 is 7.59 Å². The van der Waals surface area contributed by atoms with Gasteiger partial charge in [-0.05, 0) is 17.1 Å². The lowest BCUT2D eigenvalue weighted by atomic mass is 10.4. The highest BCUT2D eigenvalue weighted by molar-refractivity contribution is 7.56. The highest BCUT2D eigenvalue weighted by Crippen LogP contribution is 2.39.